The van der Waals surface area contributed by atoms with Crippen molar-refractivity contribution in [2.45, 2.75) is 31.1 Å². The van der Waals surface area contributed by atoms with Gasteiger partial charge in [-0.1, -0.05) is 0 Å². The molecule has 2 saturated heterocycles. The van der Waals surface area contributed by atoms with Crippen molar-refractivity contribution < 1.29 is 22.7 Å². The third-order valence-corrected chi connectivity index (χ3v) is 3.96. The van der Waals surface area contributed by atoms with Crippen LogP contribution in [-0.2, 0) is 10.9 Å². The minimum Gasteiger partial charge on any atom is -0.378 e. The van der Waals surface area contributed by atoms with Crippen molar-refractivity contribution in [1.29, 1.82) is 0 Å². The van der Waals surface area contributed by atoms with Gasteiger partial charge in [0.1, 0.15) is 5.69 Å². The highest BCUT2D eigenvalue weighted by Crippen LogP contribution is 2.30. The van der Waals surface area contributed by atoms with Crippen molar-refractivity contribution in [3.63, 3.8) is 0 Å². The molecule has 2 bridgehead atoms. The van der Waals surface area contributed by atoms with E-state index in [0.29, 0.717) is 26.1 Å². The third-order valence-electron chi connectivity index (χ3n) is 3.96. The minimum absolute atomic E-state index is 0.105. The first-order valence-corrected chi connectivity index (χ1v) is 6.85. The van der Waals surface area contributed by atoms with Crippen molar-refractivity contribution in [3.05, 3.63) is 29.6 Å². The Morgan fingerprint density at radius 1 is 1.24 bits per heavy atom. The van der Waals surface area contributed by atoms with Gasteiger partial charge in [-0.3, -0.25) is 9.78 Å². The molecule has 0 radical (unpaired) electrons. The van der Waals surface area contributed by atoms with Crippen LogP contribution in [0.25, 0.3) is 0 Å². The SMILES string of the molecule is O=C(c1ccc(C(F)(F)F)cn1)C1CC2COCC(C1)N2. The number of pyridine rings is 1. The summed E-state index contributed by atoms with van der Waals surface area (Å²) in [5, 5.41) is 3.37. The smallest absolute Gasteiger partial charge is 0.378 e. The van der Waals surface area contributed by atoms with E-state index >= 15 is 0 Å². The lowest BCUT2D eigenvalue weighted by Gasteiger charge is -2.39. The zero-order chi connectivity index (χ0) is 15.0. The summed E-state index contributed by atoms with van der Waals surface area (Å²) in [6.07, 6.45) is -2.44. The molecule has 3 rings (SSSR count). The number of Topliss-reactive ketones (excluding diaryl/α,β-unsaturated/α-hetero) is 1. The fourth-order valence-electron chi connectivity index (χ4n) is 2.97. The predicted molar refractivity (Wildman–Crippen MR) is 67.8 cm³/mol. The summed E-state index contributed by atoms with van der Waals surface area (Å²) in [5.74, 6) is -0.378. The number of ketones is 1. The topological polar surface area (TPSA) is 51.2 Å². The molecule has 0 amide bonds. The van der Waals surface area contributed by atoms with Crippen molar-refractivity contribution in [2.24, 2.45) is 5.92 Å². The van der Waals surface area contributed by atoms with E-state index in [4.69, 9.17) is 4.74 Å². The quantitative estimate of drug-likeness (QED) is 0.849. The molecule has 21 heavy (non-hydrogen) atoms. The van der Waals surface area contributed by atoms with Gasteiger partial charge in [0, 0.05) is 24.2 Å². The Morgan fingerprint density at radius 3 is 2.43 bits per heavy atom. The van der Waals surface area contributed by atoms with Crippen molar-refractivity contribution in [2.75, 3.05) is 13.2 Å². The number of carbonyl (C=O) groups excluding carboxylic acids is 1. The van der Waals surface area contributed by atoms with Crippen LogP contribution < -0.4 is 5.32 Å². The van der Waals surface area contributed by atoms with Crippen LogP contribution >= 0.6 is 0 Å². The standard InChI is InChI=1S/C14H15F3N2O2/c15-14(16,17)9-1-2-12(18-5-9)13(20)8-3-10-6-21-7-11(4-8)19-10/h1-2,5,8,10-11,19H,3-4,6-7H2. The summed E-state index contributed by atoms with van der Waals surface area (Å²) in [5.41, 5.74) is -0.733. The highest BCUT2D eigenvalue weighted by Gasteiger charge is 2.36. The first-order valence-electron chi connectivity index (χ1n) is 6.85. The van der Waals surface area contributed by atoms with Crippen LogP contribution in [0.15, 0.2) is 18.3 Å². The summed E-state index contributed by atoms with van der Waals surface area (Å²) >= 11 is 0. The van der Waals surface area contributed by atoms with Crippen LogP contribution in [0.2, 0.25) is 0 Å². The molecule has 0 spiro atoms. The van der Waals surface area contributed by atoms with Gasteiger partial charge >= 0.3 is 6.18 Å². The van der Waals surface area contributed by atoms with Crippen LogP contribution in [0.1, 0.15) is 28.9 Å². The molecule has 2 unspecified atom stereocenters. The van der Waals surface area contributed by atoms with E-state index in [-0.39, 0.29) is 29.5 Å². The van der Waals surface area contributed by atoms with Gasteiger partial charge in [0.2, 0.25) is 0 Å². The lowest BCUT2D eigenvalue weighted by Crippen LogP contribution is -2.55. The Morgan fingerprint density at radius 2 is 1.90 bits per heavy atom. The molecule has 2 atom stereocenters. The number of rotatable bonds is 2. The molecule has 2 fully saturated rings. The zero-order valence-electron chi connectivity index (χ0n) is 11.2. The molecule has 1 aromatic heterocycles. The van der Waals surface area contributed by atoms with E-state index in [9.17, 15) is 18.0 Å². The van der Waals surface area contributed by atoms with Crippen molar-refractivity contribution in [3.8, 4) is 0 Å². The van der Waals surface area contributed by atoms with E-state index in [1.165, 1.54) is 6.07 Å². The second-order valence-corrected chi connectivity index (χ2v) is 5.56. The number of nitrogens with zero attached hydrogens (tertiary/aromatic N) is 1. The Hall–Kier alpha value is -1.47. The van der Waals surface area contributed by atoms with Crippen LogP contribution in [0, 0.1) is 5.92 Å². The molecular weight excluding hydrogens is 285 g/mol. The van der Waals surface area contributed by atoms with Gasteiger partial charge in [0.15, 0.2) is 5.78 Å². The monoisotopic (exact) mass is 300 g/mol. The molecule has 7 heteroatoms. The molecule has 1 N–H and O–H groups in total. The molecule has 2 aliphatic heterocycles. The van der Waals surface area contributed by atoms with E-state index in [1.807, 2.05) is 0 Å². The number of hydrogen-bond acceptors (Lipinski definition) is 4. The molecule has 3 heterocycles. The molecule has 0 saturated carbocycles. The molecule has 0 aromatic carbocycles. The maximum absolute atomic E-state index is 12.5. The first kappa shape index (κ1) is 14.5. The average Bonchev–Trinajstić information content (AvgIpc) is 2.45. The third kappa shape index (κ3) is 3.08. The summed E-state index contributed by atoms with van der Waals surface area (Å²) in [6.45, 7) is 1.14. The van der Waals surface area contributed by atoms with Gasteiger partial charge in [-0.25, -0.2) is 0 Å². The number of hydrogen-bond donors (Lipinski definition) is 1. The maximum Gasteiger partial charge on any atom is 0.417 e. The number of halogens is 3. The summed E-state index contributed by atoms with van der Waals surface area (Å²) in [6, 6.07) is 2.35. The highest BCUT2D eigenvalue weighted by molar-refractivity contribution is 5.96. The number of piperidine rings is 1. The lowest BCUT2D eigenvalue weighted by molar-refractivity contribution is -0.137. The van der Waals surface area contributed by atoms with Crippen LogP contribution in [0.5, 0.6) is 0 Å². The molecule has 1 aromatic rings. The number of carbonyl (C=O) groups is 1. The largest absolute Gasteiger partial charge is 0.417 e. The highest BCUT2D eigenvalue weighted by atomic mass is 19.4. The van der Waals surface area contributed by atoms with Crippen LogP contribution in [-0.4, -0.2) is 36.1 Å². The fourth-order valence-corrected chi connectivity index (χ4v) is 2.97. The zero-order valence-corrected chi connectivity index (χ0v) is 11.2. The lowest BCUT2D eigenvalue weighted by atomic mass is 9.83. The second kappa shape index (κ2) is 5.38. The number of ether oxygens (including phenoxy) is 1. The second-order valence-electron chi connectivity index (χ2n) is 5.56. The van der Waals surface area contributed by atoms with Gasteiger partial charge in [-0.15, -0.1) is 0 Å². The first-order chi connectivity index (χ1) is 9.93. The Kier molecular flexibility index (Phi) is 3.71. The van der Waals surface area contributed by atoms with Gasteiger partial charge < -0.3 is 10.1 Å². The van der Waals surface area contributed by atoms with Gasteiger partial charge in [0.25, 0.3) is 0 Å². The van der Waals surface area contributed by atoms with Gasteiger partial charge in [-0.05, 0) is 25.0 Å². The normalized spacial score (nSPS) is 29.2. The number of fused-ring (bicyclic) bond motifs is 2. The Balaban J connectivity index is 1.73. The fraction of sp³-hybridized carbons (Fsp3) is 0.571. The number of aromatic nitrogens is 1. The Bertz CT molecular complexity index is 518. The number of nitrogens with one attached hydrogen (secondary N) is 1. The van der Waals surface area contributed by atoms with Crippen LogP contribution in [0.3, 0.4) is 0 Å². The molecule has 4 nitrogen and oxygen atoms in total. The number of morpholine rings is 1. The van der Waals surface area contributed by atoms with Crippen molar-refractivity contribution in [1.82, 2.24) is 10.3 Å². The van der Waals surface area contributed by atoms with E-state index < -0.39 is 11.7 Å². The summed E-state index contributed by atoms with van der Waals surface area (Å²) in [4.78, 5) is 16.1. The van der Waals surface area contributed by atoms with Gasteiger partial charge in [-0.2, -0.15) is 13.2 Å². The summed E-state index contributed by atoms with van der Waals surface area (Å²) in [7, 11) is 0. The van der Waals surface area contributed by atoms with Crippen molar-refractivity contribution >= 4 is 5.78 Å². The van der Waals surface area contributed by atoms with Gasteiger partial charge in [0.05, 0.1) is 18.8 Å². The average molecular weight is 300 g/mol. The predicted octanol–water partition coefficient (Wildman–Crippen LogP) is 2.05. The summed E-state index contributed by atoms with van der Waals surface area (Å²) < 4.78 is 42.9. The van der Waals surface area contributed by atoms with E-state index in [1.54, 1.807) is 0 Å². The van der Waals surface area contributed by atoms with E-state index in [0.717, 1.165) is 12.3 Å². The van der Waals surface area contributed by atoms with E-state index in [2.05, 4.69) is 10.3 Å². The number of alkyl halides is 3. The molecular formula is C14H15F3N2O2. The molecule has 114 valence electrons. The molecule has 0 aliphatic carbocycles. The Labute approximate surface area is 119 Å². The minimum atomic E-state index is -4.43. The van der Waals surface area contributed by atoms with Crippen LogP contribution in [0.4, 0.5) is 13.2 Å². The maximum atomic E-state index is 12.5. The molecule has 2 aliphatic rings.